The van der Waals surface area contributed by atoms with Crippen LogP contribution in [0.1, 0.15) is 42.7 Å². The van der Waals surface area contributed by atoms with Gasteiger partial charge in [0.15, 0.2) is 0 Å². The lowest BCUT2D eigenvalue weighted by Crippen LogP contribution is -2.45. The fraction of sp³-hybridized carbons (Fsp3) is 0.667. The fourth-order valence-electron chi connectivity index (χ4n) is 2.82. The molecule has 0 N–H and O–H groups in total. The molecule has 6 heteroatoms. The van der Waals surface area contributed by atoms with Gasteiger partial charge >= 0.3 is 5.97 Å². The molecule has 1 aromatic rings. The lowest BCUT2D eigenvalue weighted by atomic mass is 9.98. The molecular weight excluding hydrogens is 272 g/mol. The molecule has 6 nitrogen and oxygen atoms in total. The summed E-state index contributed by atoms with van der Waals surface area (Å²) in [4.78, 5) is 25.9. The summed E-state index contributed by atoms with van der Waals surface area (Å²) in [6.45, 7) is 4.34. The van der Waals surface area contributed by atoms with E-state index in [1.54, 1.807) is 0 Å². The summed E-state index contributed by atoms with van der Waals surface area (Å²) in [5.41, 5.74) is 1.60. The molecule has 116 valence electrons. The summed E-state index contributed by atoms with van der Waals surface area (Å²) in [6, 6.07) is -0.0563. The van der Waals surface area contributed by atoms with Gasteiger partial charge in [0.25, 0.3) is 0 Å². The molecule has 0 radical (unpaired) electrons. The standard InChI is InChI=1S/C15H22N2O4/c1-10-13(11(2)21-16-10)9-14(18)17-7-5-4-6-12(17)8-15(19)20-3/h12H,4-9H2,1-3H3. The van der Waals surface area contributed by atoms with Crippen molar-refractivity contribution < 1.29 is 18.8 Å². The number of carbonyl (C=O) groups excluding carboxylic acids is 2. The van der Waals surface area contributed by atoms with Crippen molar-refractivity contribution in [3.05, 3.63) is 17.0 Å². The predicted molar refractivity (Wildman–Crippen MR) is 75.7 cm³/mol. The van der Waals surface area contributed by atoms with Gasteiger partial charge in [-0.2, -0.15) is 0 Å². The van der Waals surface area contributed by atoms with E-state index in [0.717, 1.165) is 30.5 Å². The van der Waals surface area contributed by atoms with E-state index in [0.29, 0.717) is 12.3 Å². The number of aryl methyl sites for hydroxylation is 2. The smallest absolute Gasteiger partial charge is 0.307 e. The highest BCUT2D eigenvalue weighted by molar-refractivity contribution is 5.80. The van der Waals surface area contributed by atoms with Gasteiger partial charge in [-0.3, -0.25) is 9.59 Å². The average Bonchev–Trinajstić information content (AvgIpc) is 2.79. The lowest BCUT2D eigenvalue weighted by molar-refractivity contribution is -0.144. The zero-order valence-corrected chi connectivity index (χ0v) is 12.8. The van der Waals surface area contributed by atoms with E-state index >= 15 is 0 Å². The maximum Gasteiger partial charge on any atom is 0.307 e. The molecular formula is C15H22N2O4. The van der Waals surface area contributed by atoms with Crippen LogP contribution >= 0.6 is 0 Å². The Hall–Kier alpha value is -1.85. The summed E-state index contributed by atoms with van der Waals surface area (Å²) < 4.78 is 9.82. The van der Waals surface area contributed by atoms with Crippen molar-refractivity contribution in [1.29, 1.82) is 0 Å². The molecule has 1 aliphatic heterocycles. The molecule has 2 heterocycles. The average molecular weight is 294 g/mol. The molecule has 0 spiro atoms. The van der Waals surface area contributed by atoms with Crippen LogP contribution in [0.15, 0.2) is 4.52 Å². The third-order valence-electron chi connectivity index (χ3n) is 4.09. The van der Waals surface area contributed by atoms with E-state index in [4.69, 9.17) is 9.26 Å². The number of likely N-dealkylation sites (tertiary alicyclic amines) is 1. The second kappa shape index (κ2) is 6.74. The SMILES string of the molecule is COC(=O)CC1CCCCN1C(=O)Cc1c(C)noc1C. The first-order valence-corrected chi connectivity index (χ1v) is 7.31. The lowest BCUT2D eigenvalue weighted by Gasteiger charge is -2.35. The Kier molecular flexibility index (Phi) is 4.98. The van der Waals surface area contributed by atoms with Gasteiger partial charge in [0, 0.05) is 18.2 Å². The molecule has 2 rings (SSSR count). The highest BCUT2D eigenvalue weighted by atomic mass is 16.5. The van der Waals surface area contributed by atoms with Crippen molar-refractivity contribution in [3.63, 3.8) is 0 Å². The van der Waals surface area contributed by atoms with Crippen LogP contribution < -0.4 is 0 Å². The first-order chi connectivity index (χ1) is 10.0. The Labute approximate surface area is 124 Å². The monoisotopic (exact) mass is 294 g/mol. The normalized spacial score (nSPS) is 18.6. The van der Waals surface area contributed by atoms with Gasteiger partial charge in [-0.25, -0.2) is 0 Å². The number of nitrogens with zero attached hydrogens (tertiary/aromatic N) is 2. The molecule has 1 unspecified atom stereocenters. The molecule has 0 aliphatic carbocycles. The summed E-state index contributed by atoms with van der Waals surface area (Å²) in [5, 5.41) is 3.88. The second-order valence-electron chi connectivity index (χ2n) is 5.50. The maximum absolute atomic E-state index is 12.6. The summed E-state index contributed by atoms with van der Waals surface area (Å²) in [6.07, 6.45) is 3.41. The molecule has 1 atom stereocenters. The number of rotatable bonds is 4. The quantitative estimate of drug-likeness (QED) is 0.791. The van der Waals surface area contributed by atoms with Crippen molar-refractivity contribution in [3.8, 4) is 0 Å². The third-order valence-corrected chi connectivity index (χ3v) is 4.09. The van der Waals surface area contributed by atoms with Crippen LogP contribution in [0.25, 0.3) is 0 Å². The first kappa shape index (κ1) is 15.5. The number of ether oxygens (including phenoxy) is 1. The first-order valence-electron chi connectivity index (χ1n) is 7.31. The number of carbonyl (C=O) groups is 2. The van der Waals surface area contributed by atoms with Crippen molar-refractivity contribution in [2.75, 3.05) is 13.7 Å². The summed E-state index contributed by atoms with van der Waals surface area (Å²) >= 11 is 0. The van der Waals surface area contributed by atoms with E-state index in [1.807, 2.05) is 18.7 Å². The van der Waals surface area contributed by atoms with Crippen LogP contribution in [0.4, 0.5) is 0 Å². The van der Waals surface area contributed by atoms with Gasteiger partial charge < -0.3 is 14.2 Å². The van der Waals surface area contributed by atoms with Crippen molar-refractivity contribution in [2.45, 2.75) is 52.0 Å². The van der Waals surface area contributed by atoms with Crippen LogP contribution in [0.2, 0.25) is 0 Å². The van der Waals surface area contributed by atoms with E-state index in [2.05, 4.69) is 5.16 Å². The van der Waals surface area contributed by atoms with Gasteiger partial charge in [-0.1, -0.05) is 5.16 Å². The van der Waals surface area contributed by atoms with Crippen LogP contribution in [-0.2, 0) is 20.7 Å². The van der Waals surface area contributed by atoms with Crippen LogP contribution in [-0.4, -0.2) is 41.6 Å². The Balaban J connectivity index is 2.06. The molecule has 0 aromatic carbocycles. The molecule has 1 amide bonds. The zero-order chi connectivity index (χ0) is 15.4. The van der Waals surface area contributed by atoms with Crippen molar-refractivity contribution in [2.24, 2.45) is 0 Å². The highest BCUT2D eigenvalue weighted by Crippen LogP contribution is 2.22. The number of piperidine rings is 1. The molecule has 1 aromatic heterocycles. The predicted octanol–water partition coefficient (Wildman–Crippen LogP) is 1.78. The number of hydrogen-bond donors (Lipinski definition) is 0. The number of aromatic nitrogens is 1. The Morgan fingerprint density at radius 1 is 1.38 bits per heavy atom. The minimum Gasteiger partial charge on any atom is -0.469 e. The van der Waals surface area contributed by atoms with E-state index in [9.17, 15) is 9.59 Å². The van der Waals surface area contributed by atoms with E-state index in [-0.39, 0.29) is 30.8 Å². The van der Waals surface area contributed by atoms with Crippen LogP contribution in [0.3, 0.4) is 0 Å². The topological polar surface area (TPSA) is 72.6 Å². The molecule has 1 fully saturated rings. The summed E-state index contributed by atoms with van der Waals surface area (Å²) in [7, 11) is 1.38. The fourth-order valence-corrected chi connectivity index (χ4v) is 2.82. The van der Waals surface area contributed by atoms with Gasteiger partial charge in [-0.15, -0.1) is 0 Å². The Bertz CT molecular complexity index is 504. The highest BCUT2D eigenvalue weighted by Gasteiger charge is 2.29. The largest absolute Gasteiger partial charge is 0.469 e. The summed E-state index contributed by atoms with van der Waals surface area (Å²) in [5.74, 6) is 0.442. The van der Waals surface area contributed by atoms with Crippen molar-refractivity contribution in [1.82, 2.24) is 10.1 Å². The van der Waals surface area contributed by atoms with E-state index < -0.39 is 0 Å². The number of methoxy groups -OCH3 is 1. The number of esters is 1. The second-order valence-corrected chi connectivity index (χ2v) is 5.50. The van der Waals surface area contributed by atoms with Crippen molar-refractivity contribution >= 4 is 11.9 Å². The van der Waals surface area contributed by atoms with Gasteiger partial charge in [0.05, 0.1) is 25.6 Å². The Morgan fingerprint density at radius 2 is 2.14 bits per heavy atom. The van der Waals surface area contributed by atoms with Crippen LogP contribution in [0.5, 0.6) is 0 Å². The van der Waals surface area contributed by atoms with E-state index in [1.165, 1.54) is 7.11 Å². The van der Waals surface area contributed by atoms with Crippen LogP contribution in [0, 0.1) is 13.8 Å². The zero-order valence-electron chi connectivity index (χ0n) is 12.8. The third kappa shape index (κ3) is 3.62. The van der Waals surface area contributed by atoms with Gasteiger partial charge in [0.2, 0.25) is 5.91 Å². The number of amides is 1. The van der Waals surface area contributed by atoms with Gasteiger partial charge in [0.1, 0.15) is 5.76 Å². The minimum absolute atomic E-state index is 0.0259. The Morgan fingerprint density at radius 3 is 2.76 bits per heavy atom. The molecule has 0 saturated carbocycles. The number of hydrogen-bond acceptors (Lipinski definition) is 5. The molecule has 0 bridgehead atoms. The molecule has 1 aliphatic rings. The minimum atomic E-state index is -0.267. The van der Waals surface area contributed by atoms with Gasteiger partial charge in [-0.05, 0) is 33.1 Å². The molecule has 1 saturated heterocycles. The molecule has 21 heavy (non-hydrogen) atoms. The maximum atomic E-state index is 12.6.